The fraction of sp³-hybridized carbons (Fsp3) is 0.231. The van der Waals surface area contributed by atoms with E-state index in [1.54, 1.807) is 13.3 Å². The Hall–Kier alpha value is -1.73. The number of nitrogens with two attached hydrogens (primary N) is 1. The summed E-state index contributed by atoms with van der Waals surface area (Å²) in [7, 11) is 1.58. The molecule has 20 heavy (non-hydrogen) atoms. The highest BCUT2D eigenvalue weighted by Crippen LogP contribution is 2.28. The van der Waals surface area contributed by atoms with Gasteiger partial charge in [0.1, 0.15) is 5.75 Å². The van der Waals surface area contributed by atoms with Gasteiger partial charge in [0.25, 0.3) is 0 Å². The van der Waals surface area contributed by atoms with Crippen molar-refractivity contribution in [2.75, 3.05) is 23.9 Å². The third-order valence-electron chi connectivity index (χ3n) is 2.48. The van der Waals surface area contributed by atoms with Gasteiger partial charge in [0.15, 0.2) is 5.13 Å². The van der Waals surface area contributed by atoms with Crippen LogP contribution in [0.3, 0.4) is 0 Å². The summed E-state index contributed by atoms with van der Waals surface area (Å²) in [5.41, 5.74) is 7.28. The number of nitrogens with one attached hydrogen (secondary N) is 1. The first-order chi connectivity index (χ1) is 9.58. The molecule has 0 fully saturated rings. The summed E-state index contributed by atoms with van der Waals surface area (Å²) in [5.74, 6) is 0.862. The number of aromatic nitrogens is 1. The molecular formula is C13H15N3O2S2. The Bertz CT molecular complexity index is 613. The van der Waals surface area contributed by atoms with Crippen molar-refractivity contribution in [1.82, 2.24) is 4.98 Å². The average molecular weight is 309 g/mol. The fourth-order valence-electron chi connectivity index (χ4n) is 1.58. The number of carbonyl (C=O) groups excluding carboxylic acids is 1. The van der Waals surface area contributed by atoms with Crippen molar-refractivity contribution in [3.05, 3.63) is 30.0 Å². The second kappa shape index (κ2) is 6.62. The number of hydrogen-bond donors (Lipinski definition) is 2. The maximum Gasteiger partial charge on any atom is 0.234 e. The van der Waals surface area contributed by atoms with Gasteiger partial charge in [-0.25, -0.2) is 4.98 Å². The highest BCUT2D eigenvalue weighted by molar-refractivity contribution is 8.01. The molecule has 106 valence electrons. The van der Waals surface area contributed by atoms with Crippen molar-refractivity contribution < 1.29 is 9.53 Å². The standard InChI is InChI=1S/C13H15N3O2S2/c1-8-3-4-10(18-2)9(5-8)16-11(17)7-19-12-6-15-13(14)20-12/h3-6H,7H2,1-2H3,(H2,14,15)(H,16,17). The Morgan fingerprint density at radius 1 is 1.55 bits per heavy atom. The van der Waals surface area contributed by atoms with Gasteiger partial charge in [-0.2, -0.15) is 0 Å². The van der Waals surface area contributed by atoms with Gasteiger partial charge in [-0.05, 0) is 24.6 Å². The van der Waals surface area contributed by atoms with Crippen LogP contribution in [0.2, 0.25) is 0 Å². The summed E-state index contributed by atoms with van der Waals surface area (Å²) >= 11 is 2.78. The second-order valence-electron chi connectivity index (χ2n) is 4.06. The van der Waals surface area contributed by atoms with Gasteiger partial charge in [0.2, 0.25) is 5.91 Å². The molecule has 0 unspecified atom stereocenters. The maximum absolute atomic E-state index is 11.9. The first-order valence-electron chi connectivity index (χ1n) is 5.87. The third-order valence-corrected chi connectivity index (χ3v) is 4.50. The zero-order valence-electron chi connectivity index (χ0n) is 11.2. The molecule has 0 bridgehead atoms. The smallest absolute Gasteiger partial charge is 0.234 e. The Labute approximate surface area is 125 Å². The van der Waals surface area contributed by atoms with Crippen LogP contribution in [0.1, 0.15) is 5.56 Å². The summed E-state index contributed by atoms with van der Waals surface area (Å²) < 4.78 is 6.15. The molecule has 1 aromatic carbocycles. The number of hydrogen-bond acceptors (Lipinski definition) is 6. The Balaban J connectivity index is 1.96. The molecule has 0 aliphatic heterocycles. The first-order valence-corrected chi connectivity index (χ1v) is 7.67. The summed E-state index contributed by atoms with van der Waals surface area (Å²) in [6.45, 7) is 1.96. The van der Waals surface area contributed by atoms with E-state index in [2.05, 4.69) is 10.3 Å². The number of benzene rings is 1. The number of ether oxygens (including phenoxy) is 1. The van der Waals surface area contributed by atoms with Crippen LogP contribution in [0.25, 0.3) is 0 Å². The minimum atomic E-state index is -0.0918. The molecule has 0 saturated heterocycles. The number of thioether (sulfide) groups is 1. The molecule has 0 saturated carbocycles. The normalized spacial score (nSPS) is 10.3. The Morgan fingerprint density at radius 3 is 3.00 bits per heavy atom. The van der Waals surface area contributed by atoms with E-state index in [0.29, 0.717) is 22.3 Å². The SMILES string of the molecule is COc1ccc(C)cc1NC(=O)CSc1cnc(N)s1. The second-order valence-corrected chi connectivity index (χ2v) is 6.40. The zero-order valence-corrected chi connectivity index (χ0v) is 12.8. The Kier molecular flexibility index (Phi) is 4.86. The van der Waals surface area contributed by atoms with E-state index in [1.807, 2.05) is 25.1 Å². The van der Waals surface area contributed by atoms with Gasteiger partial charge in [0, 0.05) is 0 Å². The highest BCUT2D eigenvalue weighted by Gasteiger charge is 2.09. The number of methoxy groups -OCH3 is 1. The van der Waals surface area contributed by atoms with Gasteiger partial charge >= 0.3 is 0 Å². The molecule has 1 aromatic heterocycles. The Morgan fingerprint density at radius 2 is 2.35 bits per heavy atom. The number of thiazole rings is 1. The summed E-state index contributed by atoms with van der Waals surface area (Å²) in [6, 6.07) is 5.65. The van der Waals surface area contributed by atoms with Gasteiger partial charge in [-0.3, -0.25) is 4.79 Å². The zero-order chi connectivity index (χ0) is 14.5. The van der Waals surface area contributed by atoms with Crippen LogP contribution in [0, 0.1) is 6.92 Å². The van der Waals surface area contributed by atoms with Crippen LogP contribution < -0.4 is 15.8 Å². The lowest BCUT2D eigenvalue weighted by atomic mass is 10.2. The summed E-state index contributed by atoms with van der Waals surface area (Å²) in [4.78, 5) is 15.9. The number of nitrogen functional groups attached to an aromatic ring is 1. The summed E-state index contributed by atoms with van der Waals surface area (Å²) in [6.07, 6.45) is 1.67. The predicted octanol–water partition coefficient (Wildman–Crippen LogP) is 2.77. The number of nitrogens with zero attached hydrogens (tertiary/aromatic N) is 1. The fourth-order valence-corrected chi connectivity index (χ4v) is 3.14. The number of aryl methyl sites for hydroxylation is 1. The number of carbonyl (C=O) groups is 1. The molecule has 2 aromatic rings. The summed E-state index contributed by atoms with van der Waals surface area (Å²) in [5, 5.41) is 3.36. The van der Waals surface area contributed by atoms with Crippen LogP contribution in [-0.2, 0) is 4.79 Å². The van der Waals surface area contributed by atoms with Crippen molar-refractivity contribution in [3.63, 3.8) is 0 Å². The monoisotopic (exact) mass is 309 g/mol. The minimum absolute atomic E-state index is 0.0918. The maximum atomic E-state index is 11.9. The topological polar surface area (TPSA) is 77.2 Å². The molecule has 2 rings (SSSR count). The van der Waals surface area contributed by atoms with Crippen LogP contribution in [-0.4, -0.2) is 23.8 Å². The van der Waals surface area contributed by atoms with E-state index in [1.165, 1.54) is 23.1 Å². The number of rotatable bonds is 5. The molecule has 5 nitrogen and oxygen atoms in total. The first kappa shape index (κ1) is 14.7. The van der Waals surface area contributed by atoms with Crippen molar-refractivity contribution in [2.45, 2.75) is 11.1 Å². The average Bonchev–Trinajstić information content (AvgIpc) is 2.83. The van der Waals surface area contributed by atoms with E-state index in [0.717, 1.165) is 9.77 Å². The molecule has 3 N–H and O–H groups in total. The molecule has 1 heterocycles. The van der Waals surface area contributed by atoms with E-state index in [-0.39, 0.29) is 5.91 Å². The molecular weight excluding hydrogens is 294 g/mol. The lowest BCUT2D eigenvalue weighted by molar-refractivity contribution is -0.113. The largest absolute Gasteiger partial charge is 0.495 e. The molecule has 1 amide bonds. The van der Waals surface area contributed by atoms with Crippen LogP contribution in [0.15, 0.2) is 28.6 Å². The molecule has 7 heteroatoms. The van der Waals surface area contributed by atoms with Gasteiger partial charge in [-0.1, -0.05) is 17.4 Å². The molecule has 0 aliphatic carbocycles. The van der Waals surface area contributed by atoms with E-state index in [4.69, 9.17) is 10.5 Å². The minimum Gasteiger partial charge on any atom is -0.495 e. The van der Waals surface area contributed by atoms with Gasteiger partial charge < -0.3 is 15.8 Å². The number of anilines is 2. The highest BCUT2D eigenvalue weighted by atomic mass is 32.2. The lowest BCUT2D eigenvalue weighted by Gasteiger charge is -2.10. The molecule has 0 aliphatic rings. The van der Waals surface area contributed by atoms with E-state index < -0.39 is 0 Å². The van der Waals surface area contributed by atoms with Gasteiger partial charge in [0.05, 0.1) is 29.0 Å². The molecule has 0 spiro atoms. The van der Waals surface area contributed by atoms with Crippen molar-refractivity contribution >= 4 is 39.8 Å². The third kappa shape index (κ3) is 3.88. The van der Waals surface area contributed by atoms with Crippen LogP contribution in [0.5, 0.6) is 5.75 Å². The van der Waals surface area contributed by atoms with Crippen molar-refractivity contribution in [2.24, 2.45) is 0 Å². The quantitative estimate of drug-likeness (QED) is 0.830. The van der Waals surface area contributed by atoms with E-state index >= 15 is 0 Å². The van der Waals surface area contributed by atoms with E-state index in [9.17, 15) is 4.79 Å². The van der Waals surface area contributed by atoms with Crippen LogP contribution in [0.4, 0.5) is 10.8 Å². The van der Waals surface area contributed by atoms with Crippen molar-refractivity contribution in [1.29, 1.82) is 0 Å². The van der Waals surface area contributed by atoms with Crippen LogP contribution >= 0.6 is 23.1 Å². The number of amides is 1. The van der Waals surface area contributed by atoms with Gasteiger partial charge in [-0.15, -0.1) is 11.8 Å². The lowest BCUT2D eigenvalue weighted by Crippen LogP contribution is -2.14. The van der Waals surface area contributed by atoms with Crippen molar-refractivity contribution in [3.8, 4) is 5.75 Å². The molecule has 0 atom stereocenters. The predicted molar refractivity (Wildman–Crippen MR) is 83.6 cm³/mol. The molecule has 0 radical (unpaired) electrons.